The van der Waals surface area contributed by atoms with Gasteiger partial charge in [-0.05, 0) is 37.1 Å². The number of carbonyl (C=O) groups excluding carboxylic acids is 1. The highest BCUT2D eigenvalue weighted by Gasteiger charge is 2.10. The predicted octanol–water partition coefficient (Wildman–Crippen LogP) is 2.37. The lowest BCUT2D eigenvalue weighted by molar-refractivity contribution is -0.118. The second kappa shape index (κ2) is 9.30. The van der Waals surface area contributed by atoms with Gasteiger partial charge in [0.1, 0.15) is 0 Å². The maximum absolute atomic E-state index is 10.6. The van der Waals surface area contributed by atoms with Gasteiger partial charge in [-0.15, -0.1) is 0 Å². The molecule has 1 heterocycles. The number of amides is 1. The third kappa shape index (κ3) is 5.93. The lowest BCUT2D eigenvalue weighted by Crippen LogP contribution is -2.36. The maximum Gasteiger partial charge on any atom is 0.217 e. The standard InChI is InChI=1S/C17H27N3O2/c18-17(21)5-3-1-2-4-10-19-15-6-8-16(9-7-15)20-11-13-22-14-12-20/h6-9,19H,1-5,10-14H2,(H2,18,21). The highest BCUT2D eigenvalue weighted by Crippen LogP contribution is 2.19. The van der Waals surface area contributed by atoms with E-state index in [2.05, 4.69) is 34.5 Å². The monoisotopic (exact) mass is 305 g/mol. The summed E-state index contributed by atoms with van der Waals surface area (Å²) in [5.41, 5.74) is 7.54. The van der Waals surface area contributed by atoms with Crippen LogP contribution >= 0.6 is 0 Å². The topological polar surface area (TPSA) is 67.6 Å². The van der Waals surface area contributed by atoms with Crippen LogP contribution in [0.1, 0.15) is 32.1 Å². The van der Waals surface area contributed by atoms with E-state index in [4.69, 9.17) is 10.5 Å². The zero-order valence-corrected chi connectivity index (χ0v) is 13.2. The number of hydrogen-bond acceptors (Lipinski definition) is 4. The minimum absolute atomic E-state index is 0.196. The van der Waals surface area contributed by atoms with Crippen LogP contribution in [-0.4, -0.2) is 38.8 Å². The van der Waals surface area contributed by atoms with Gasteiger partial charge in [0.2, 0.25) is 5.91 Å². The summed E-state index contributed by atoms with van der Waals surface area (Å²) in [6, 6.07) is 8.61. The molecule has 0 spiro atoms. The number of rotatable bonds is 9. The first kappa shape index (κ1) is 16.6. The van der Waals surface area contributed by atoms with Crippen molar-refractivity contribution in [2.75, 3.05) is 43.1 Å². The van der Waals surface area contributed by atoms with E-state index < -0.39 is 0 Å². The van der Waals surface area contributed by atoms with E-state index >= 15 is 0 Å². The first-order chi connectivity index (χ1) is 10.8. The summed E-state index contributed by atoms with van der Waals surface area (Å²) in [6.07, 6.45) is 4.73. The molecule has 1 aromatic carbocycles. The number of benzene rings is 1. The molecule has 1 fully saturated rings. The number of morpholine rings is 1. The molecule has 3 N–H and O–H groups in total. The average Bonchev–Trinajstić information content (AvgIpc) is 2.55. The van der Waals surface area contributed by atoms with Crippen LogP contribution in [0.5, 0.6) is 0 Å². The molecule has 22 heavy (non-hydrogen) atoms. The smallest absolute Gasteiger partial charge is 0.217 e. The number of nitrogens with two attached hydrogens (primary N) is 1. The third-order valence-electron chi connectivity index (χ3n) is 3.92. The zero-order chi connectivity index (χ0) is 15.6. The Morgan fingerprint density at radius 1 is 1.09 bits per heavy atom. The number of nitrogens with one attached hydrogen (secondary N) is 1. The van der Waals surface area contributed by atoms with Crippen molar-refractivity contribution in [1.82, 2.24) is 0 Å². The van der Waals surface area contributed by atoms with Crippen molar-refractivity contribution in [2.45, 2.75) is 32.1 Å². The Bertz CT molecular complexity index is 442. The van der Waals surface area contributed by atoms with Crippen molar-refractivity contribution in [2.24, 2.45) is 5.73 Å². The summed E-state index contributed by atoms with van der Waals surface area (Å²) in [5, 5.41) is 3.44. The normalized spacial score (nSPS) is 14.8. The summed E-state index contributed by atoms with van der Waals surface area (Å²) in [6.45, 7) is 4.54. The van der Waals surface area contributed by atoms with E-state index in [1.54, 1.807) is 0 Å². The molecule has 122 valence electrons. The quantitative estimate of drug-likeness (QED) is 0.687. The predicted molar refractivity (Wildman–Crippen MR) is 90.2 cm³/mol. The van der Waals surface area contributed by atoms with Crippen molar-refractivity contribution in [3.8, 4) is 0 Å². The lowest BCUT2D eigenvalue weighted by atomic mass is 10.1. The van der Waals surface area contributed by atoms with Crippen molar-refractivity contribution < 1.29 is 9.53 Å². The molecule has 0 unspecified atom stereocenters. The molecule has 1 aromatic rings. The Morgan fingerprint density at radius 3 is 2.45 bits per heavy atom. The van der Waals surface area contributed by atoms with Crippen LogP contribution in [0.25, 0.3) is 0 Å². The van der Waals surface area contributed by atoms with Gasteiger partial charge in [-0.2, -0.15) is 0 Å². The third-order valence-corrected chi connectivity index (χ3v) is 3.92. The second-order valence-electron chi connectivity index (χ2n) is 5.70. The fourth-order valence-corrected chi connectivity index (χ4v) is 2.62. The lowest BCUT2D eigenvalue weighted by Gasteiger charge is -2.28. The van der Waals surface area contributed by atoms with Crippen molar-refractivity contribution in [1.29, 1.82) is 0 Å². The van der Waals surface area contributed by atoms with Crippen LogP contribution in [0.4, 0.5) is 11.4 Å². The minimum atomic E-state index is -0.196. The molecule has 0 saturated carbocycles. The first-order valence-electron chi connectivity index (χ1n) is 8.20. The van der Waals surface area contributed by atoms with E-state index in [0.717, 1.165) is 64.2 Å². The summed E-state index contributed by atoms with van der Waals surface area (Å²) in [4.78, 5) is 13.0. The van der Waals surface area contributed by atoms with Gasteiger partial charge in [0.25, 0.3) is 0 Å². The van der Waals surface area contributed by atoms with Crippen LogP contribution in [0.2, 0.25) is 0 Å². The number of anilines is 2. The first-order valence-corrected chi connectivity index (χ1v) is 8.20. The number of carbonyl (C=O) groups is 1. The van der Waals surface area contributed by atoms with Gasteiger partial charge >= 0.3 is 0 Å². The Labute approximate surface area is 132 Å². The maximum atomic E-state index is 10.6. The van der Waals surface area contributed by atoms with Crippen molar-refractivity contribution in [3.05, 3.63) is 24.3 Å². The summed E-state index contributed by atoms with van der Waals surface area (Å²) in [5.74, 6) is -0.196. The Kier molecular flexibility index (Phi) is 7.03. The van der Waals surface area contributed by atoms with Gasteiger partial charge in [-0.3, -0.25) is 4.79 Å². The molecule has 0 atom stereocenters. The molecule has 1 aliphatic heterocycles. The molecule has 0 aromatic heterocycles. The molecule has 1 saturated heterocycles. The van der Waals surface area contributed by atoms with Crippen molar-refractivity contribution >= 4 is 17.3 Å². The number of hydrogen-bond donors (Lipinski definition) is 2. The van der Waals surface area contributed by atoms with Gasteiger partial charge < -0.3 is 20.7 Å². The highest BCUT2D eigenvalue weighted by atomic mass is 16.5. The molecule has 5 heteroatoms. The molecular weight excluding hydrogens is 278 g/mol. The highest BCUT2D eigenvalue weighted by molar-refractivity contribution is 5.73. The molecular formula is C17H27N3O2. The van der Waals surface area contributed by atoms with Crippen LogP contribution in [0, 0.1) is 0 Å². The SMILES string of the molecule is NC(=O)CCCCCCNc1ccc(N2CCOCC2)cc1. The van der Waals surface area contributed by atoms with E-state index in [9.17, 15) is 4.79 Å². The van der Waals surface area contributed by atoms with Crippen LogP contribution < -0.4 is 16.0 Å². The number of nitrogens with zero attached hydrogens (tertiary/aromatic N) is 1. The van der Waals surface area contributed by atoms with Gasteiger partial charge in [-0.25, -0.2) is 0 Å². The number of ether oxygens (including phenoxy) is 1. The van der Waals surface area contributed by atoms with E-state index in [-0.39, 0.29) is 5.91 Å². The molecule has 2 rings (SSSR count). The second-order valence-corrected chi connectivity index (χ2v) is 5.70. The van der Waals surface area contributed by atoms with E-state index in [0.29, 0.717) is 6.42 Å². The average molecular weight is 305 g/mol. The largest absolute Gasteiger partial charge is 0.385 e. The molecule has 0 radical (unpaired) electrons. The van der Waals surface area contributed by atoms with Crippen LogP contribution in [-0.2, 0) is 9.53 Å². The fraction of sp³-hybridized carbons (Fsp3) is 0.588. The van der Waals surface area contributed by atoms with Gasteiger partial charge in [0.15, 0.2) is 0 Å². The summed E-state index contributed by atoms with van der Waals surface area (Å²) < 4.78 is 5.37. The molecule has 1 amide bonds. The Balaban J connectivity index is 1.61. The minimum Gasteiger partial charge on any atom is -0.385 e. The van der Waals surface area contributed by atoms with Crippen LogP contribution in [0.15, 0.2) is 24.3 Å². The van der Waals surface area contributed by atoms with Gasteiger partial charge in [0, 0.05) is 37.4 Å². The Morgan fingerprint density at radius 2 is 1.77 bits per heavy atom. The van der Waals surface area contributed by atoms with Crippen molar-refractivity contribution in [3.63, 3.8) is 0 Å². The number of unbranched alkanes of at least 4 members (excludes halogenated alkanes) is 3. The van der Waals surface area contributed by atoms with Gasteiger partial charge in [0.05, 0.1) is 13.2 Å². The van der Waals surface area contributed by atoms with Crippen LogP contribution in [0.3, 0.4) is 0 Å². The number of primary amides is 1. The van der Waals surface area contributed by atoms with E-state index in [1.165, 1.54) is 5.69 Å². The zero-order valence-electron chi connectivity index (χ0n) is 13.2. The summed E-state index contributed by atoms with van der Waals surface area (Å²) >= 11 is 0. The van der Waals surface area contributed by atoms with Gasteiger partial charge in [-0.1, -0.05) is 12.8 Å². The summed E-state index contributed by atoms with van der Waals surface area (Å²) in [7, 11) is 0. The molecule has 0 bridgehead atoms. The Hall–Kier alpha value is -1.75. The fourth-order valence-electron chi connectivity index (χ4n) is 2.62. The molecule has 0 aliphatic carbocycles. The molecule has 5 nitrogen and oxygen atoms in total. The molecule has 1 aliphatic rings. The van der Waals surface area contributed by atoms with E-state index in [1.807, 2.05) is 0 Å².